The van der Waals surface area contributed by atoms with Crippen molar-refractivity contribution >= 4 is 80.6 Å². The van der Waals surface area contributed by atoms with Crippen LogP contribution in [-0.4, -0.2) is 62.4 Å². The quantitative estimate of drug-likeness (QED) is 0.425. The van der Waals surface area contributed by atoms with Gasteiger partial charge in [-0.15, -0.1) is 0 Å². The number of hydrogen-bond donors (Lipinski definition) is 1. The van der Waals surface area contributed by atoms with Crippen molar-refractivity contribution in [2.45, 2.75) is 20.3 Å². The van der Waals surface area contributed by atoms with Crippen LogP contribution >= 0.6 is 24.8 Å². The van der Waals surface area contributed by atoms with Crippen molar-refractivity contribution in [2.75, 3.05) is 6.61 Å². The number of ether oxygens (including phenoxy) is 1. The molecule has 0 aromatic rings. The summed E-state index contributed by atoms with van der Waals surface area (Å²) in [6.45, 7) is 4.98. The van der Waals surface area contributed by atoms with Crippen LogP contribution in [0.2, 0.25) is 0 Å². The van der Waals surface area contributed by atoms with Gasteiger partial charge in [0.1, 0.15) is 0 Å². The van der Waals surface area contributed by atoms with Crippen LogP contribution in [0.3, 0.4) is 0 Å². The first-order chi connectivity index (χ1) is 4.13. The molecule has 56 valence electrons. The summed E-state index contributed by atoms with van der Waals surface area (Å²) in [5.41, 5.74) is 0. The van der Waals surface area contributed by atoms with E-state index >= 15 is 0 Å². The Kier molecular flexibility index (Phi) is 12.9. The van der Waals surface area contributed by atoms with Crippen molar-refractivity contribution in [1.29, 1.82) is 0 Å². The summed E-state index contributed by atoms with van der Waals surface area (Å²) in [6.07, 6.45) is 1.04. The van der Waals surface area contributed by atoms with Gasteiger partial charge in [0.25, 0.3) is 0 Å². The molecule has 0 aliphatic heterocycles. The molecule has 0 aliphatic carbocycles. The molecule has 0 aliphatic rings. The van der Waals surface area contributed by atoms with E-state index in [9.17, 15) is 0 Å². The van der Waals surface area contributed by atoms with Crippen molar-refractivity contribution in [2.24, 2.45) is 5.92 Å². The molecule has 0 aromatic carbocycles. The van der Waals surface area contributed by atoms with Crippen molar-refractivity contribution in [1.82, 2.24) is 0 Å². The second kappa shape index (κ2) is 8.97. The fourth-order valence-corrected chi connectivity index (χ4v) is 0.557. The molecule has 10 heavy (non-hydrogen) atoms. The second-order valence-electron chi connectivity index (χ2n) is 2.30. The zero-order valence-electron chi connectivity index (χ0n) is 5.76. The molecule has 0 saturated carbocycles. The molecule has 0 bridgehead atoms. The second-order valence-corrected chi connectivity index (χ2v) is 3.38. The summed E-state index contributed by atoms with van der Waals surface area (Å²) >= 11 is 8.40. The van der Waals surface area contributed by atoms with E-state index in [1.54, 1.807) is 0 Å². The Morgan fingerprint density at radius 2 is 2.10 bits per heavy atom. The molecule has 0 fully saturated rings. The average Bonchev–Trinajstić information content (AvgIpc) is 1.63. The minimum absolute atomic E-state index is 0. The Labute approximate surface area is 116 Å². The molecule has 0 heterocycles. The third kappa shape index (κ3) is 12.5. The zero-order chi connectivity index (χ0) is 7.28. The Morgan fingerprint density at radius 1 is 1.60 bits per heavy atom. The topological polar surface area (TPSA) is 9.23 Å². The molecule has 0 saturated heterocycles. The molecule has 4 heteroatoms. The zero-order valence-corrected chi connectivity index (χ0v) is 7.47. The normalized spacial score (nSPS) is 8.80. The fraction of sp³-hybridized carbons (Fsp3) is 0.833. The van der Waals surface area contributed by atoms with Crippen LogP contribution in [0, 0.1) is 5.92 Å². The average molecular weight is 204 g/mol. The molecule has 0 radical (unpaired) electrons. The summed E-state index contributed by atoms with van der Waals surface area (Å²) in [5, 5.41) is 0. The van der Waals surface area contributed by atoms with Gasteiger partial charge in [0, 0.05) is 0 Å². The molecule has 0 aromatic heterocycles. The maximum atomic E-state index is 4.95. The SMILES string of the molecule is CC(C)CCOC(=S)S.[KH]. The summed E-state index contributed by atoms with van der Waals surface area (Å²) in [5.74, 6) is 0.674. The first-order valence-corrected chi connectivity index (χ1v) is 3.84. The Bertz CT molecular complexity index is 95.7. The van der Waals surface area contributed by atoms with Gasteiger partial charge in [-0.25, -0.2) is 0 Å². The van der Waals surface area contributed by atoms with Gasteiger partial charge < -0.3 is 4.74 Å². The summed E-state index contributed by atoms with van der Waals surface area (Å²) in [7, 11) is 0. The summed E-state index contributed by atoms with van der Waals surface area (Å²) in [6, 6.07) is 0. The van der Waals surface area contributed by atoms with Gasteiger partial charge in [-0.1, -0.05) is 26.5 Å². The van der Waals surface area contributed by atoms with Gasteiger partial charge in [-0.05, 0) is 24.6 Å². The van der Waals surface area contributed by atoms with Gasteiger partial charge in [0.15, 0.2) is 0 Å². The van der Waals surface area contributed by atoms with Crippen LogP contribution in [0.1, 0.15) is 20.3 Å². The van der Waals surface area contributed by atoms with Crippen LogP contribution in [0.25, 0.3) is 0 Å². The van der Waals surface area contributed by atoms with Gasteiger partial charge in [0.05, 0.1) is 6.61 Å². The predicted molar refractivity (Wildman–Crippen MR) is 54.1 cm³/mol. The van der Waals surface area contributed by atoms with Gasteiger partial charge >= 0.3 is 51.4 Å². The molecule has 0 amide bonds. The number of thiocarbonyl (C=S) groups is 1. The first-order valence-electron chi connectivity index (χ1n) is 2.98. The number of rotatable bonds is 3. The summed E-state index contributed by atoms with van der Waals surface area (Å²) < 4.78 is 5.29. The molecule has 0 rings (SSSR count). The maximum absolute atomic E-state index is 4.95. The van der Waals surface area contributed by atoms with E-state index < -0.39 is 0 Å². The van der Waals surface area contributed by atoms with E-state index in [0.717, 1.165) is 6.42 Å². The molecule has 0 N–H and O–H groups in total. The number of hydrogen-bond acceptors (Lipinski definition) is 2. The van der Waals surface area contributed by atoms with E-state index in [1.807, 2.05) is 0 Å². The van der Waals surface area contributed by atoms with E-state index in [1.165, 1.54) is 0 Å². The first kappa shape index (κ1) is 14.4. The molecule has 0 unspecified atom stereocenters. The van der Waals surface area contributed by atoms with Gasteiger partial charge in [-0.2, -0.15) is 0 Å². The molecule has 0 spiro atoms. The predicted octanol–water partition coefficient (Wildman–Crippen LogP) is 1.62. The summed E-state index contributed by atoms with van der Waals surface area (Å²) in [4.78, 5) is 0. The van der Waals surface area contributed by atoms with Gasteiger partial charge in [0.2, 0.25) is 4.38 Å². The van der Waals surface area contributed by atoms with Crippen LogP contribution in [0.5, 0.6) is 0 Å². The van der Waals surface area contributed by atoms with Crippen LogP contribution in [-0.2, 0) is 4.74 Å². The minimum atomic E-state index is 0. The van der Waals surface area contributed by atoms with E-state index in [0.29, 0.717) is 16.9 Å². The Hall–Kier alpha value is 1.88. The van der Waals surface area contributed by atoms with E-state index in [4.69, 9.17) is 4.74 Å². The Balaban J connectivity index is 0. The standard InChI is InChI=1S/C6H12OS2.K.H/c1-5(2)3-4-7-6(8)9;;/h5H,3-4H2,1-2H3,(H,8,9);;. The molecule has 1 nitrogen and oxygen atoms in total. The van der Waals surface area contributed by atoms with E-state index in [2.05, 4.69) is 38.7 Å². The van der Waals surface area contributed by atoms with E-state index in [-0.39, 0.29) is 51.4 Å². The third-order valence-electron chi connectivity index (χ3n) is 0.921. The fourth-order valence-electron chi connectivity index (χ4n) is 0.382. The van der Waals surface area contributed by atoms with Crippen LogP contribution in [0.4, 0.5) is 0 Å². The van der Waals surface area contributed by atoms with Crippen LogP contribution in [0.15, 0.2) is 0 Å². The molecular formula is C6H13KOS2. The van der Waals surface area contributed by atoms with Crippen molar-refractivity contribution < 1.29 is 4.74 Å². The Morgan fingerprint density at radius 3 is 2.40 bits per heavy atom. The van der Waals surface area contributed by atoms with Crippen LogP contribution < -0.4 is 0 Å². The van der Waals surface area contributed by atoms with Crippen molar-refractivity contribution in [3.63, 3.8) is 0 Å². The number of thiol groups is 1. The molecular weight excluding hydrogens is 191 g/mol. The van der Waals surface area contributed by atoms with Crippen molar-refractivity contribution in [3.05, 3.63) is 0 Å². The van der Waals surface area contributed by atoms with Crippen molar-refractivity contribution in [3.8, 4) is 0 Å². The third-order valence-corrected chi connectivity index (χ3v) is 1.17. The monoisotopic (exact) mass is 204 g/mol. The molecule has 0 atom stereocenters. The van der Waals surface area contributed by atoms with Gasteiger partial charge in [-0.3, -0.25) is 0 Å².